The zero-order valence-corrected chi connectivity index (χ0v) is 4.76. The SMILES string of the molecule is C=C/C(=C\C)OC=O. The molecule has 0 aromatic heterocycles. The Morgan fingerprint density at radius 1 is 1.75 bits per heavy atom. The van der Waals surface area contributed by atoms with Gasteiger partial charge in [-0.15, -0.1) is 0 Å². The van der Waals surface area contributed by atoms with E-state index >= 15 is 0 Å². The zero-order valence-electron chi connectivity index (χ0n) is 4.76. The van der Waals surface area contributed by atoms with Crippen LogP contribution in [0, 0.1) is 0 Å². The molecule has 0 fully saturated rings. The van der Waals surface area contributed by atoms with Gasteiger partial charge < -0.3 is 4.74 Å². The summed E-state index contributed by atoms with van der Waals surface area (Å²) in [7, 11) is 0. The summed E-state index contributed by atoms with van der Waals surface area (Å²) in [6, 6.07) is 0. The number of rotatable bonds is 3. The van der Waals surface area contributed by atoms with Crippen molar-refractivity contribution in [3.05, 3.63) is 24.5 Å². The molecule has 0 aromatic carbocycles. The van der Waals surface area contributed by atoms with Gasteiger partial charge in [-0.2, -0.15) is 0 Å². The van der Waals surface area contributed by atoms with E-state index in [0.717, 1.165) is 0 Å². The van der Waals surface area contributed by atoms with Crippen LogP contribution in [0.25, 0.3) is 0 Å². The van der Waals surface area contributed by atoms with Gasteiger partial charge in [0, 0.05) is 0 Å². The minimum absolute atomic E-state index is 0.372. The molecular formula is C6H8O2. The van der Waals surface area contributed by atoms with Gasteiger partial charge in [0.2, 0.25) is 0 Å². The van der Waals surface area contributed by atoms with Gasteiger partial charge in [0.05, 0.1) is 0 Å². The first-order valence-corrected chi connectivity index (χ1v) is 2.24. The van der Waals surface area contributed by atoms with E-state index in [0.29, 0.717) is 12.2 Å². The number of hydrogen-bond donors (Lipinski definition) is 0. The molecule has 0 aliphatic rings. The molecule has 0 unspecified atom stereocenters. The molecule has 2 nitrogen and oxygen atoms in total. The summed E-state index contributed by atoms with van der Waals surface area (Å²) >= 11 is 0. The van der Waals surface area contributed by atoms with Crippen molar-refractivity contribution in [2.24, 2.45) is 0 Å². The third-order valence-corrected chi connectivity index (χ3v) is 0.670. The summed E-state index contributed by atoms with van der Waals surface area (Å²) in [5, 5.41) is 0. The van der Waals surface area contributed by atoms with Crippen LogP contribution in [0.3, 0.4) is 0 Å². The molecule has 0 N–H and O–H groups in total. The molecule has 0 radical (unpaired) electrons. The molecule has 0 rings (SSSR count). The van der Waals surface area contributed by atoms with Crippen LogP contribution >= 0.6 is 0 Å². The van der Waals surface area contributed by atoms with E-state index in [2.05, 4.69) is 11.3 Å². The van der Waals surface area contributed by atoms with Gasteiger partial charge in [0.15, 0.2) is 0 Å². The topological polar surface area (TPSA) is 26.3 Å². The highest BCUT2D eigenvalue weighted by Crippen LogP contribution is 1.92. The van der Waals surface area contributed by atoms with Gasteiger partial charge in [-0.1, -0.05) is 6.58 Å². The molecule has 0 aliphatic heterocycles. The maximum Gasteiger partial charge on any atom is 0.298 e. The first kappa shape index (κ1) is 6.95. The second-order valence-corrected chi connectivity index (χ2v) is 1.11. The first-order valence-electron chi connectivity index (χ1n) is 2.24. The summed E-state index contributed by atoms with van der Waals surface area (Å²) in [4.78, 5) is 9.62. The lowest BCUT2D eigenvalue weighted by molar-refractivity contribution is -0.124. The summed E-state index contributed by atoms with van der Waals surface area (Å²) in [5.41, 5.74) is 0. The minimum atomic E-state index is 0.372. The smallest absolute Gasteiger partial charge is 0.298 e. The molecule has 0 aromatic rings. The van der Waals surface area contributed by atoms with Gasteiger partial charge in [0.1, 0.15) is 5.76 Å². The van der Waals surface area contributed by atoms with Crippen molar-refractivity contribution < 1.29 is 9.53 Å². The largest absolute Gasteiger partial charge is 0.429 e. The van der Waals surface area contributed by atoms with Crippen LogP contribution < -0.4 is 0 Å². The van der Waals surface area contributed by atoms with Crippen molar-refractivity contribution in [2.75, 3.05) is 0 Å². The number of allylic oxidation sites excluding steroid dienone is 2. The van der Waals surface area contributed by atoms with Crippen molar-refractivity contribution in [1.29, 1.82) is 0 Å². The van der Waals surface area contributed by atoms with E-state index in [1.807, 2.05) is 0 Å². The van der Waals surface area contributed by atoms with E-state index in [9.17, 15) is 4.79 Å². The van der Waals surface area contributed by atoms with E-state index in [1.54, 1.807) is 13.0 Å². The molecule has 0 bridgehead atoms. The predicted molar refractivity (Wildman–Crippen MR) is 31.1 cm³/mol. The number of ether oxygens (including phenoxy) is 1. The Morgan fingerprint density at radius 2 is 2.38 bits per heavy atom. The molecule has 0 atom stereocenters. The van der Waals surface area contributed by atoms with Crippen LogP contribution in [0.1, 0.15) is 6.92 Å². The fourth-order valence-corrected chi connectivity index (χ4v) is 0.290. The molecule has 0 saturated carbocycles. The van der Waals surface area contributed by atoms with Gasteiger partial charge in [0.25, 0.3) is 6.47 Å². The highest BCUT2D eigenvalue weighted by Gasteiger charge is 1.82. The molecule has 0 spiro atoms. The molecule has 8 heavy (non-hydrogen) atoms. The van der Waals surface area contributed by atoms with Crippen molar-refractivity contribution in [2.45, 2.75) is 6.92 Å². The highest BCUT2D eigenvalue weighted by molar-refractivity contribution is 5.41. The number of carbonyl (C=O) groups is 1. The predicted octanol–water partition coefficient (Wildman–Crippen LogP) is 1.25. The molecule has 0 aliphatic carbocycles. The molecular weight excluding hydrogens is 104 g/mol. The number of hydrogen-bond acceptors (Lipinski definition) is 2. The summed E-state index contributed by atoms with van der Waals surface area (Å²) in [5.74, 6) is 0.486. The second-order valence-electron chi connectivity index (χ2n) is 1.11. The van der Waals surface area contributed by atoms with Gasteiger partial charge >= 0.3 is 0 Å². The van der Waals surface area contributed by atoms with Crippen molar-refractivity contribution >= 4 is 6.47 Å². The standard InChI is InChI=1S/C6H8O2/c1-3-6(4-2)8-5-7/h3-5H,1H2,2H3/b6-4+. The molecule has 0 amide bonds. The van der Waals surface area contributed by atoms with Gasteiger partial charge in [-0.25, -0.2) is 0 Å². The maximum atomic E-state index is 9.62. The average Bonchev–Trinajstić information content (AvgIpc) is 1.83. The van der Waals surface area contributed by atoms with Crippen molar-refractivity contribution in [1.82, 2.24) is 0 Å². The maximum absolute atomic E-state index is 9.62. The van der Waals surface area contributed by atoms with E-state index in [-0.39, 0.29) is 0 Å². The van der Waals surface area contributed by atoms with Crippen LogP contribution in [0.15, 0.2) is 24.5 Å². The molecule has 0 heterocycles. The van der Waals surface area contributed by atoms with Crippen molar-refractivity contribution in [3.63, 3.8) is 0 Å². The van der Waals surface area contributed by atoms with Crippen LogP contribution in [-0.2, 0) is 9.53 Å². The minimum Gasteiger partial charge on any atom is -0.429 e. The quantitative estimate of drug-likeness (QED) is 0.312. The van der Waals surface area contributed by atoms with E-state index in [1.165, 1.54) is 6.08 Å². The van der Waals surface area contributed by atoms with Crippen LogP contribution in [0.2, 0.25) is 0 Å². The summed E-state index contributed by atoms with van der Waals surface area (Å²) < 4.78 is 4.40. The van der Waals surface area contributed by atoms with Crippen LogP contribution in [-0.4, -0.2) is 6.47 Å². The first-order chi connectivity index (χ1) is 3.85. The molecule has 44 valence electrons. The Morgan fingerprint density at radius 3 is 2.50 bits per heavy atom. The van der Waals surface area contributed by atoms with E-state index in [4.69, 9.17) is 0 Å². The van der Waals surface area contributed by atoms with Crippen LogP contribution in [0.4, 0.5) is 0 Å². The Hall–Kier alpha value is -1.05. The van der Waals surface area contributed by atoms with Crippen molar-refractivity contribution in [3.8, 4) is 0 Å². The average molecular weight is 112 g/mol. The molecule has 0 saturated heterocycles. The molecule has 2 heteroatoms. The lowest BCUT2D eigenvalue weighted by Gasteiger charge is -1.91. The normalized spacial score (nSPS) is 10.4. The number of carbonyl (C=O) groups excluding carboxylic acids is 1. The lowest BCUT2D eigenvalue weighted by Crippen LogP contribution is -1.82. The fourth-order valence-electron chi connectivity index (χ4n) is 0.290. The summed E-state index contributed by atoms with van der Waals surface area (Å²) in [6.07, 6.45) is 3.12. The Bertz CT molecular complexity index is 114. The monoisotopic (exact) mass is 112 g/mol. The Kier molecular flexibility index (Phi) is 3.58. The second kappa shape index (κ2) is 4.12. The highest BCUT2D eigenvalue weighted by atomic mass is 16.5. The third kappa shape index (κ3) is 2.18. The summed E-state index contributed by atoms with van der Waals surface area (Å²) in [6.45, 7) is 5.53. The van der Waals surface area contributed by atoms with Gasteiger partial charge in [-0.05, 0) is 19.1 Å². The lowest BCUT2D eigenvalue weighted by atomic mass is 10.5. The zero-order chi connectivity index (χ0) is 6.41. The van der Waals surface area contributed by atoms with Gasteiger partial charge in [-0.3, -0.25) is 4.79 Å². The fraction of sp³-hybridized carbons (Fsp3) is 0.167. The van der Waals surface area contributed by atoms with Crippen LogP contribution in [0.5, 0.6) is 0 Å². The Labute approximate surface area is 48.5 Å². The Balaban J connectivity index is 3.71. The third-order valence-electron chi connectivity index (χ3n) is 0.670. The van der Waals surface area contributed by atoms with E-state index < -0.39 is 0 Å².